The summed E-state index contributed by atoms with van der Waals surface area (Å²) in [6, 6.07) is 17.7. The van der Waals surface area contributed by atoms with E-state index < -0.39 is 5.54 Å². The number of hydrogen-bond acceptors (Lipinski definition) is 2. The predicted molar refractivity (Wildman–Crippen MR) is 104 cm³/mol. The van der Waals surface area contributed by atoms with E-state index in [2.05, 4.69) is 62.5 Å². The van der Waals surface area contributed by atoms with Crippen LogP contribution in [0.25, 0.3) is 0 Å². The maximum absolute atomic E-state index is 12.5. The summed E-state index contributed by atoms with van der Waals surface area (Å²) >= 11 is 0. The van der Waals surface area contributed by atoms with Gasteiger partial charge in [0.25, 0.3) is 5.91 Å². The predicted octanol–water partition coefficient (Wildman–Crippen LogP) is 4.75. The minimum absolute atomic E-state index is 0.135. The maximum atomic E-state index is 12.5. The van der Waals surface area contributed by atoms with Crippen LogP contribution >= 0.6 is 0 Å². The van der Waals surface area contributed by atoms with Crippen LogP contribution < -0.4 is 10.9 Å². The fraction of sp³-hybridized carbons (Fsp3) is 0.318. The quantitative estimate of drug-likeness (QED) is 0.540. The molecule has 3 nitrogen and oxygen atoms in total. The molecule has 2 rings (SSSR count). The lowest BCUT2D eigenvalue weighted by atomic mass is 9.76. The monoisotopic (exact) mass is 336 g/mol. The van der Waals surface area contributed by atoms with E-state index in [0.29, 0.717) is 5.56 Å². The van der Waals surface area contributed by atoms with Crippen molar-refractivity contribution in [1.29, 1.82) is 0 Å². The highest BCUT2D eigenvalue weighted by atomic mass is 16.2. The Balaban J connectivity index is 2.31. The Hall–Kier alpha value is -2.39. The van der Waals surface area contributed by atoms with Gasteiger partial charge in [-0.3, -0.25) is 10.2 Å². The van der Waals surface area contributed by atoms with Crippen molar-refractivity contribution in [3.8, 4) is 0 Å². The molecule has 0 radical (unpaired) electrons. The van der Waals surface area contributed by atoms with Crippen LogP contribution in [-0.2, 0) is 5.54 Å². The molecule has 0 aliphatic heterocycles. The number of carbonyl (C=O) groups is 1. The number of benzene rings is 2. The molecule has 2 N–H and O–H groups in total. The van der Waals surface area contributed by atoms with Gasteiger partial charge in [-0.2, -0.15) is 0 Å². The van der Waals surface area contributed by atoms with Gasteiger partial charge in [0.2, 0.25) is 0 Å². The second-order valence-electron chi connectivity index (χ2n) is 6.56. The maximum Gasteiger partial charge on any atom is 0.265 e. The van der Waals surface area contributed by atoms with Crippen molar-refractivity contribution in [3.05, 3.63) is 83.9 Å². The smallest absolute Gasteiger partial charge is 0.265 e. The van der Waals surface area contributed by atoms with Crippen molar-refractivity contribution in [2.24, 2.45) is 5.92 Å². The summed E-state index contributed by atoms with van der Waals surface area (Å²) in [6.45, 7) is 10.3. The van der Waals surface area contributed by atoms with Gasteiger partial charge in [0, 0.05) is 5.56 Å². The zero-order valence-corrected chi connectivity index (χ0v) is 15.4. The highest BCUT2D eigenvalue weighted by Crippen LogP contribution is 2.35. The van der Waals surface area contributed by atoms with Crippen molar-refractivity contribution in [2.45, 2.75) is 39.2 Å². The van der Waals surface area contributed by atoms with Crippen molar-refractivity contribution in [2.75, 3.05) is 0 Å². The summed E-state index contributed by atoms with van der Waals surface area (Å²) in [5.41, 5.74) is 8.87. The average molecular weight is 336 g/mol. The lowest BCUT2D eigenvalue weighted by Crippen LogP contribution is -2.55. The number of hydrazine groups is 1. The molecule has 0 bridgehead atoms. The van der Waals surface area contributed by atoms with E-state index in [1.54, 1.807) is 12.1 Å². The second-order valence-corrected chi connectivity index (χ2v) is 6.56. The number of hydrogen-bond donors (Lipinski definition) is 2. The Morgan fingerprint density at radius 3 is 2.36 bits per heavy atom. The van der Waals surface area contributed by atoms with E-state index in [1.165, 1.54) is 5.56 Å². The molecule has 2 aromatic rings. The molecule has 3 heteroatoms. The SMILES string of the molecule is C=C[C@@H](C)[C@@](CCC)(NNC(=O)c1ccccc1)c1ccc(C)cc1. The van der Waals surface area contributed by atoms with Gasteiger partial charge in [0.05, 0.1) is 5.54 Å². The Bertz CT molecular complexity index is 694. The van der Waals surface area contributed by atoms with Gasteiger partial charge in [-0.15, -0.1) is 6.58 Å². The van der Waals surface area contributed by atoms with Gasteiger partial charge >= 0.3 is 0 Å². The molecular weight excluding hydrogens is 308 g/mol. The highest BCUT2D eigenvalue weighted by molar-refractivity contribution is 5.93. The normalized spacial score (nSPS) is 14.4. The Labute approximate surface area is 151 Å². The molecule has 132 valence electrons. The van der Waals surface area contributed by atoms with Crippen LogP contribution in [0.15, 0.2) is 67.3 Å². The van der Waals surface area contributed by atoms with Gasteiger partial charge in [0.1, 0.15) is 0 Å². The molecule has 2 aromatic carbocycles. The molecule has 0 fully saturated rings. The Morgan fingerprint density at radius 1 is 1.16 bits per heavy atom. The van der Waals surface area contributed by atoms with Gasteiger partial charge in [-0.05, 0) is 37.0 Å². The summed E-state index contributed by atoms with van der Waals surface area (Å²) in [5.74, 6) is 0.00989. The first-order chi connectivity index (χ1) is 12.0. The lowest BCUT2D eigenvalue weighted by Gasteiger charge is -2.39. The van der Waals surface area contributed by atoms with E-state index in [0.717, 1.165) is 18.4 Å². The molecule has 0 aliphatic carbocycles. The third kappa shape index (κ3) is 4.37. The van der Waals surface area contributed by atoms with Crippen molar-refractivity contribution < 1.29 is 4.79 Å². The Kier molecular flexibility index (Phi) is 6.54. The summed E-state index contributed by atoms with van der Waals surface area (Å²) in [5, 5.41) is 0. The van der Waals surface area contributed by atoms with Crippen molar-refractivity contribution >= 4 is 5.91 Å². The number of nitrogens with one attached hydrogen (secondary N) is 2. The van der Waals surface area contributed by atoms with Gasteiger partial charge in [-0.1, -0.05) is 74.4 Å². The molecule has 0 saturated carbocycles. The van der Waals surface area contributed by atoms with E-state index in [-0.39, 0.29) is 11.8 Å². The van der Waals surface area contributed by atoms with Crippen LogP contribution in [0.4, 0.5) is 0 Å². The first kappa shape index (κ1) is 18.9. The minimum Gasteiger partial charge on any atom is -0.287 e. The molecule has 0 unspecified atom stereocenters. The van der Waals surface area contributed by atoms with Crippen molar-refractivity contribution in [1.82, 2.24) is 10.9 Å². The van der Waals surface area contributed by atoms with Gasteiger partial charge in [-0.25, -0.2) is 5.43 Å². The van der Waals surface area contributed by atoms with Crippen LogP contribution in [0.3, 0.4) is 0 Å². The minimum atomic E-state index is -0.394. The average Bonchev–Trinajstić information content (AvgIpc) is 2.65. The van der Waals surface area contributed by atoms with Gasteiger partial charge in [0.15, 0.2) is 0 Å². The molecule has 1 amide bonds. The number of rotatable bonds is 8. The molecule has 25 heavy (non-hydrogen) atoms. The topological polar surface area (TPSA) is 41.1 Å². The summed E-state index contributed by atoms with van der Waals surface area (Å²) in [4.78, 5) is 12.5. The molecular formula is C22H28N2O. The van der Waals surface area contributed by atoms with Crippen molar-refractivity contribution in [3.63, 3.8) is 0 Å². The highest BCUT2D eigenvalue weighted by Gasteiger charge is 2.36. The molecule has 0 saturated heterocycles. The zero-order chi connectivity index (χ0) is 18.3. The largest absolute Gasteiger partial charge is 0.287 e. The number of aryl methyl sites for hydroxylation is 1. The molecule has 0 aromatic heterocycles. The summed E-state index contributed by atoms with van der Waals surface area (Å²) in [6.07, 6.45) is 3.82. The number of amides is 1. The zero-order valence-electron chi connectivity index (χ0n) is 15.4. The van der Waals surface area contributed by atoms with Crippen LogP contribution in [0.2, 0.25) is 0 Å². The fourth-order valence-corrected chi connectivity index (χ4v) is 3.16. The summed E-state index contributed by atoms with van der Waals surface area (Å²) in [7, 11) is 0. The molecule has 0 heterocycles. The van der Waals surface area contributed by atoms with E-state index in [9.17, 15) is 4.79 Å². The van der Waals surface area contributed by atoms with E-state index in [4.69, 9.17) is 0 Å². The second kappa shape index (κ2) is 8.63. The Morgan fingerprint density at radius 2 is 1.80 bits per heavy atom. The first-order valence-electron chi connectivity index (χ1n) is 8.85. The van der Waals surface area contributed by atoms with E-state index in [1.807, 2.05) is 24.3 Å². The standard InChI is InChI=1S/C22H28N2O/c1-5-16-22(18(4)6-2,20-14-12-17(3)13-15-20)24-23-21(25)19-10-8-7-9-11-19/h6-15,18,24H,2,5,16H2,1,3-4H3,(H,23,25)/t18-,22-/m1/s1. The van der Waals surface area contributed by atoms with Crippen LogP contribution in [-0.4, -0.2) is 5.91 Å². The molecule has 0 spiro atoms. The van der Waals surface area contributed by atoms with Crippen LogP contribution in [0, 0.1) is 12.8 Å². The van der Waals surface area contributed by atoms with Crippen LogP contribution in [0.5, 0.6) is 0 Å². The van der Waals surface area contributed by atoms with Crippen LogP contribution in [0.1, 0.15) is 48.2 Å². The van der Waals surface area contributed by atoms with Gasteiger partial charge < -0.3 is 0 Å². The third-order valence-electron chi connectivity index (χ3n) is 4.78. The first-order valence-corrected chi connectivity index (χ1v) is 8.85. The summed E-state index contributed by atoms with van der Waals surface area (Å²) < 4.78 is 0. The molecule has 0 aliphatic rings. The fourth-order valence-electron chi connectivity index (χ4n) is 3.16. The third-order valence-corrected chi connectivity index (χ3v) is 4.78. The number of carbonyl (C=O) groups excluding carboxylic acids is 1. The lowest BCUT2D eigenvalue weighted by molar-refractivity contribution is 0.0879. The molecule has 2 atom stereocenters. The van der Waals surface area contributed by atoms with E-state index >= 15 is 0 Å².